The Balaban J connectivity index is 2.15. The molecule has 1 N–H and O–H groups in total. The van der Waals surface area contributed by atoms with Crippen LogP contribution in [0.5, 0.6) is 5.75 Å². The van der Waals surface area contributed by atoms with E-state index in [-0.39, 0.29) is 0 Å². The second kappa shape index (κ2) is 6.85. The largest absolute Gasteiger partial charge is 0.496 e. The Morgan fingerprint density at radius 1 is 1.14 bits per heavy atom. The molecule has 0 spiro atoms. The number of hydrogen-bond donors (Lipinski definition) is 1. The van der Waals surface area contributed by atoms with Gasteiger partial charge in [-0.2, -0.15) is 0 Å². The summed E-state index contributed by atoms with van der Waals surface area (Å²) in [5.41, 5.74) is 4.71. The quantitative estimate of drug-likeness (QED) is 0.863. The lowest BCUT2D eigenvalue weighted by atomic mass is 10.1. The number of hydrogen-bond acceptors (Lipinski definition) is 3. The summed E-state index contributed by atoms with van der Waals surface area (Å²) >= 11 is 3.50. The minimum Gasteiger partial charge on any atom is -0.496 e. The van der Waals surface area contributed by atoms with Crippen LogP contribution in [0.1, 0.15) is 11.1 Å². The van der Waals surface area contributed by atoms with Crippen molar-refractivity contribution in [3.8, 4) is 5.75 Å². The molecule has 0 aliphatic carbocycles. The van der Waals surface area contributed by atoms with Crippen LogP contribution in [-0.2, 0) is 6.54 Å². The highest BCUT2D eigenvalue weighted by Gasteiger charge is 2.06. The Bertz CT molecular complexity index is 626. The van der Waals surface area contributed by atoms with Crippen molar-refractivity contribution in [3.05, 3.63) is 52.0 Å². The van der Waals surface area contributed by atoms with Gasteiger partial charge in [0.25, 0.3) is 0 Å². The SMILES string of the molecule is COc1ccc(Br)cc1CNc1ccc(N(C)C)cc1C. The van der Waals surface area contributed by atoms with Crippen molar-refractivity contribution in [3.63, 3.8) is 0 Å². The molecule has 2 rings (SSSR count). The summed E-state index contributed by atoms with van der Waals surface area (Å²) in [5.74, 6) is 0.897. The van der Waals surface area contributed by atoms with E-state index in [9.17, 15) is 0 Å². The summed E-state index contributed by atoms with van der Waals surface area (Å²) in [6, 6.07) is 12.5. The lowest BCUT2D eigenvalue weighted by molar-refractivity contribution is 0.410. The Kier molecular flexibility index (Phi) is 5.12. The highest BCUT2D eigenvalue weighted by Crippen LogP contribution is 2.26. The molecular formula is C17H21BrN2O. The maximum absolute atomic E-state index is 5.40. The van der Waals surface area contributed by atoms with Gasteiger partial charge in [-0.25, -0.2) is 0 Å². The smallest absolute Gasteiger partial charge is 0.123 e. The summed E-state index contributed by atoms with van der Waals surface area (Å²) in [6.45, 7) is 2.85. The lowest BCUT2D eigenvalue weighted by Crippen LogP contribution is -2.09. The zero-order valence-corrected chi connectivity index (χ0v) is 14.5. The minimum absolute atomic E-state index is 0.727. The zero-order valence-electron chi connectivity index (χ0n) is 12.9. The molecule has 0 aliphatic heterocycles. The minimum atomic E-state index is 0.727. The number of aryl methyl sites for hydroxylation is 1. The van der Waals surface area contributed by atoms with Crippen LogP contribution in [0.25, 0.3) is 0 Å². The molecule has 0 saturated heterocycles. The molecule has 0 saturated carbocycles. The van der Waals surface area contributed by atoms with Gasteiger partial charge in [0.1, 0.15) is 5.75 Å². The number of ether oxygens (including phenoxy) is 1. The number of nitrogens with one attached hydrogen (secondary N) is 1. The van der Waals surface area contributed by atoms with Crippen LogP contribution in [0.3, 0.4) is 0 Å². The van der Waals surface area contributed by atoms with Crippen molar-refractivity contribution < 1.29 is 4.74 Å². The fraction of sp³-hybridized carbons (Fsp3) is 0.294. The van der Waals surface area contributed by atoms with Crippen LogP contribution < -0.4 is 15.0 Å². The summed E-state index contributed by atoms with van der Waals surface area (Å²) in [5, 5.41) is 3.48. The fourth-order valence-corrected chi connectivity index (χ4v) is 2.61. The van der Waals surface area contributed by atoms with Gasteiger partial charge < -0.3 is 15.0 Å². The number of halogens is 1. The first-order chi connectivity index (χ1) is 10.0. The molecule has 3 nitrogen and oxygen atoms in total. The Morgan fingerprint density at radius 2 is 1.90 bits per heavy atom. The Hall–Kier alpha value is -1.68. The van der Waals surface area contributed by atoms with E-state index in [0.717, 1.165) is 28.0 Å². The molecule has 0 aliphatic rings. The summed E-state index contributed by atoms with van der Waals surface area (Å²) < 4.78 is 6.46. The van der Waals surface area contributed by atoms with Crippen molar-refractivity contribution in [1.29, 1.82) is 0 Å². The standard InChI is InChI=1S/C17H21BrN2O/c1-12-9-15(20(2)3)6-7-16(12)19-11-13-10-14(18)5-8-17(13)21-4/h5-10,19H,11H2,1-4H3. The van der Waals surface area contributed by atoms with Crippen LogP contribution in [0, 0.1) is 6.92 Å². The third-order valence-electron chi connectivity index (χ3n) is 3.44. The van der Waals surface area contributed by atoms with Crippen molar-refractivity contribution in [1.82, 2.24) is 0 Å². The summed E-state index contributed by atoms with van der Waals surface area (Å²) in [6.07, 6.45) is 0. The van der Waals surface area contributed by atoms with E-state index in [2.05, 4.69) is 57.3 Å². The van der Waals surface area contributed by atoms with Gasteiger partial charge in [-0.05, 0) is 48.9 Å². The zero-order chi connectivity index (χ0) is 15.4. The van der Waals surface area contributed by atoms with Crippen molar-refractivity contribution in [2.75, 3.05) is 31.4 Å². The molecule has 0 amide bonds. The highest BCUT2D eigenvalue weighted by molar-refractivity contribution is 9.10. The number of nitrogens with zero attached hydrogens (tertiary/aromatic N) is 1. The van der Waals surface area contributed by atoms with Gasteiger partial charge in [0.15, 0.2) is 0 Å². The number of rotatable bonds is 5. The molecule has 0 fully saturated rings. The first-order valence-electron chi connectivity index (χ1n) is 6.85. The number of methoxy groups -OCH3 is 1. The van der Waals surface area contributed by atoms with Gasteiger partial charge in [0.05, 0.1) is 7.11 Å². The maximum Gasteiger partial charge on any atom is 0.123 e. The molecule has 21 heavy (non-hydrogen) atoms. The molecule has 0 heterocycles. The first kappa shape index (κ1) is 15.7. The van der Waals surface area contributed by atoms with Crippen LogP contribution in [-0.4, -0.2) is 21.2 Å². The van der Waals surface area contributed by atoms with E-state index in [1.165, 1.54) is 11.3 Å². The van der Waals surface area contributed by atoms with Gasteiger partial charge in [-0.15, -0.1) is 0 Å². The predicted octanol–water partition coefficient (Wildman–Crippen LogP) is 4.44. The van der Waals surface area contributed by atoms with E-state index >= 15 is 0 Å². The van der Waals surface area contributed by atoms with E-state index in [1.54, 1.807) is 7.11 Å². The maximum atomic E-state index is 5.40. The van der Waals surface area contributed by atoms with Crippen molar-refractivity contribution in [2.24, 2.45) is 0 Å². The average molecular weight is 349 g/mol. The summed E-state index contributed by atoms with van der Waals surface area (Å²) in [4.78, 5) is 2.11. The van der Waals surface area contributed by atoms with Crippen LogP contribution in [0.4, 0.5) is 11.4 Å². The van der Waals surface area contributed by atoms with Crippen LogP contribution in [0.2, 0.25) is 0 Å². The molecule has 0 atom stereocenters. The molecule has 0 unspecified atom stereocenters. The van der Waals surface area contributed by atoms with Gasteiger partial charge in [-0.3, -0.25) is 0 Å². The second-order valence-electron chi connectivity index (χ2n) is 5.20. The third-order valence-corrected chi connectivity index (χ3v) is 3.93. The molecule has 2 aromatic carbocycles. The van der Waals surface area contributed by atoms with E-state index in [1.807, 2.05) is 26.2 Å². The molecular weight excluding hydrogens is 328 g/mol. The van der Waals surface area contributed by atoms with Gasteiger partial charge in [0, 0.05) is 42.1 Å². The normalized spacial score (nSPS) is 10.3. The van der Waals surface area contributed by atoms with E-state index in [4.69, 9.17) is 4.74 Å². The van der Waals surface area contributed by atoms with Gasteiger partial charge in [0.2, 0.25) is 0 Å². The predicted molar refractivity (Wildman–Crippen MR) is 93.5 cm³/mol. The molecule has 0 bridgehead atoms. The van der Waals surface area contributed by atoms with Gasteiger partial charge >= 0.3 is 0 Å². The average Bonchev–Trinajstić information content (AvgIpc) is 2.46. The molecule has 2 aromatic rings. The first-order valence-corrected chi connectivity index (χ1v) is 7.65. The van der Waals surface area contributed by atoms with Crippen LogP contribution in [0.15, 0.2) is 40.9 Å². The molecule has 112 valence electrons. The highest BCUT2D eigenvalue weighted by atomic mass is 79.9. The Morgan fingerprint density at radius 3 is 2.52 bits per heavy atom. The lowest BCUT2D eigenvalue weighted by Gasteiger charge is -2.17. The number of anilines is 2. The van der Waals surface area contributed by atoms with Crippen molar-refractivity contribution >= 4 is 27.3 Å². The molecule has 0 radical (unpaired) electrons. The van der Waals surface area contributed by atoms with Gasteiger partial charge in [-0.1, -0.05) is 15.9 Å². The van der Waals surface area contributed by atoms with Crippen LogP contribution >= 0.6 is 15.9 Å². The summed E-state index contributed by atoms with van der Waals surface area (Å²) in [7, 11) is 5.80. The fourth-order valence-electron chi connectivity index (χ4n) is 2.20. The van der Waals surface area contributed by atoms with E-state index in [0.29, 0.717) is 0 Å². The third kappa shape index (κ3) is 3.91. The second-order valence-corrected chi connectivity index (χ2v) is 6.12. The topological polar surface area (TPSA) is 24.5 Å². The molecule has 0 aromatic heterocycles. The molecule has 4 heteroatoms. The monoisotopic (exact) mass is 348 g/mol. The van der Waals surface area contributed by atoms with E-state index < -0.39 is 0 Å². The van der Waals surface area contributed by atoms with Crippen molar-refractivity contribution in [2.45, 2.75) is 13.5 Å². The Labute approximate surface area is 135 Å². The number of benzene rings is 2.